The molecule has 1 N–H and O–H groups in total. The summed E-state index contributed by atoms with van der Waals surface area (Å²) in [7, 11) is 0. The Hall–Kier alpha value is -1.69. The Balaban J connectivity index is 2.09. The van der Waals surface area contributed by atoms with Crippen molar-refractivity contribution in [1.82, 2.24) is 10.2 Å². The summed E-state index contributed by atoms with van der Waals surface area (Å²) in [5, 5.41) is 4.32. The molecule has 4 nitrogen and oxygen atoms in total. The summed E-state index contributed by atoms with van der Waals surface area (Å²) < 4.78 is 0. The van der Waals surface area contributed by atoms with Crippen molar-refractivity contribution in [3.8, 4) is 0 Å². The summed E-state index contributed by atoms with van der Waals surface area (Å²) in [5.74, 6) is 0.617. The van der Waals surface area contributed by atoms with Gasteiger partial charge in [-0.3, -0.25) is 9.59 Å². The number of nitrogens with one attached hydrogen (secondary N) is 1. The van der Waals surface area contributed by atoms with Crippen molar-refractivity contribution >= 4 is 46.8 Å². The van der Waals surface area contributed by atoms with Crippen LogP contribution in [0.4, 0.5) is 0 Å². The van der Waals surface area contributed by atoms with Crippen LogP contribution in [-0.2, 0) is 16.1 Å². The fourth-order valence-corrected chi connectivity index (χ4v) is 4.44. The summed E-state index contributed by atoms with van der Waals surface area (Å²) in [6, 6.07) is 14.6. The van der Waals surface area contributed by atoms with Gasteiger partial charge in [0.1, 0.15) is 6.04 Å². The average molecular weight is 496 g/mol. The van der Waals surface area contributed by atoms with Crippen molar-refractivity contribution in [1.29, 1.82) is 0 Å². The van der Waals surface area contributed by atoms with Gasteiger partial charge in [-0.1, -0.05) is 48.3 Å². The predicted octanol–water partition coefficient (Wildman–Crippen LogP) is 6.59. The normalized spacial score (nSPS) is 12.3. The van der Waals surface area contributed by atoms with Gasteiger partial charge in [0, 0.05) is 33.4 Å². The van der Waals surface area contributed by atoms with Gasteiger partial charge in [-0.25, -0.2) is 0 Å². The molecule has 2 aromatic carbocycles. The highest BCUT2D eigenvalue weighted by molar-refractivity contribution is 7.99. The van der Waals surface area contributed by atoms with E-state index < -0.39 is 6.04 Å². The van der Waals surface area contributed by atoms with E-state index in [1.54, 1.807) is 22.7 Å². The van der Waals surface area contributed by atoms with Gasteiger partial charge in [0.05, 0.1) is 0 Å². The van der Waals surface area contributed by atoms with Gasteiger partial charge in [-0.15, -0.1) is 11.8 Å². The maximum absolute atomic E-state index is 13.3. The van der Waals surface area contributed by atoms with E-state index in [9.17, 15) is 9.59 Å². The fourth-order valence-electron chi connectivity index (χ4n) is 3.27. The second-order valence-corrected chi connectivity index (χ2v) is 10.7. The SMILES string of the molecule is CC[C@H](C(=O)NC(C)(C)C)N(Cc1ccccc1Cl)C(=O)CCCSc1ccc(Cl)cc1. The molecule has 2 aromatic rings. The Kier molecular flexibility index (Phi) is 10.4. The maximum atomic E-state index is 13.3. The van der Waals surface area contributed by atoms with Gasteiger partial charge >= 0.3 is 0 Å². The largest absolute Gasteiger partial charge is 0.350 e. The van der Waals surface area contributed by atoms with E-state index in [0.717, 1.165) is 16.2 Å². The molecule has 0 aliphatic rings. The Labute approximate surface area is 206 Å². The summed E-state index contributed by atoms with van der Waals surface area (Å²) >= 11 is 14.0. The molecule has 0 fully saturated rings. The molecule has 0 aliphatic carbocycles. The molecular formula is C25H32Cl2N2O2S. The summed E-state index contributed by atoms with van der Waals surface area (Å²) in [5.41, 5.74) is 0.457. The number of hydrogen-bond acceptors (Lipinski definition) is 3. The van der Waals surface area contributed by atoms with Gasteiger partial charge < -0.3 is 10.2 Å². The number of benzene rings is 2. The van der Waals surface area contributed by atoms with E-state index in [1.165, 1.54) is 0 Å². The molecule has 0 aromatic heterocycles. The molecule has 0 aliphatic heterocycles. The molecule has 0 unspecified atom stereocenters. The van der Waals surface area contributed by atoms with Crippen LogP contribution in [0.25, 0.3) is 0 Å². The zero-order valence-electron chi connectivity index (χ0n) is 19.2. The number of carbonyl (C=O) groups excluding carboxylic acids is 2. The van der Waals surface area contributed by atoms with E-state index in [2.05, 4.69) is 5.32 Å². The van der Waals surface area contributed by atoms with Crippen LogP contribution in [0.1, 0.15) is 52.5 Å². The van der Waals surface area contributed by atoms with Crippen molar-refractivity contribution < 1.29 is 9.59 Å². The van der Waals surface area contributed by atoms with Crippen LogP contribution in [0.15, 0.2) is 53.4 Å². The average Bonchev–Trinajstić information content (AvgIpc) is 2.72. The number of amides is 2. The fraction of sp³-hybridized carbons (Fsp3) is 0.440. The lowest BCUT2D eigenvalue weighted by Crippen LogP contribution is -2.53. The topological polar surface area (TPSA) is 49.4 Å². The van der Waals surface area contributed by atoms with Gasteiger partial charge in [0.15, 0.2) is 0 Å². The number of thioether (sulfide) groups is 1. The van der Waals surface area contributed by atoms with E-state index in [1.807, 2.05) is 70.2 Å². The zero-order valence-corrected chi connectivity index (χ0v) is 21.5. The first-order valence-electron chi connectivity index (χ1n) is 10.8. The summed E-state index contributed by atoms with van der Waals surface area (Å²) in [6.45, 7) is 8.04. The highest BCUT2D eigenvalue weighted by Gasteiger charge is 2.30. The molecule has 2 amide bonds. The number of carbonyl (C=O) groups is 2. The van der Waals surface area contributed by atoms with Crippen LogP contribution >= 0.6 is 35.0 Å². The number of halogens is 2. The maximum Gasteiger partial charge on any atom is 0.243 e. The van der Waals surface area contributed by atoms with Crippen molar-refractivity contribution in [2.24, 2.45) is 0 Å². The first-order chi connectivity index (χ1) is 15.1. The molecule has 174 valence electrons. The van der Waals surface area contributed by atoms with E-state index in [-0.39, 0.29) is 17.4 Å². The highest BCUT2D eigenvalue weighted by Crippen LogP contribution is 2.23. The first-order valence-corrected chi connectivity index (χ1v) is 12.6. The van der Waals surface area contributed by atoms with Crippen LogP contribution in [0.2, 0.25) is 10.0 Å². The molecule has 1 atom stereocenters. The first kappa shape index (κ1) is 26.6. The number of rotatable bonds is 10. The van der Waals surface area contributed by atoms with Crippen LogP contribution in [0, 0.1) is 0 Å². The van der Waals surface area contributed by atoms with Gasteiger partial charge in [0.2, 0.25) is 11.8 Å². The molecular weight excluding hydrogens is 463 g/mol. The standard InChI is InChI=1S/C25H32Cl2N2O2S/c1-5-22(24(31)28-25(2,3)4)29(17-18-9-6-7-10-21(18)27)23(30)11-8-16-32-20-14-12-19(26)13-15-20/h6-7,9-10,12-15,22H,5,8,11,16-17H2,1-4H3,(H,28,31)/t22-/m1/s1. The third kappa shape index (κ3) is 8.68. The predicted molar refractivity (Wildman–Crippen MR) is 135 cm³/mol. The van der Waals surface area contributed by atoms with Gasteiger partial charge in [-0.05, 0) is 75.3 Å². The van der Waals surface area contributed by atoms with Gasteiger partial charge in [0.25, 0.3) is 0 Å². The Morgan fingerprint density at radius 3 is 2.31 bits per heavy atom. The Morgan fingerprint density at radius 2 is 1.72 bits per heavy atom. The minimum absolute atomic E-state index is 0.0439. The van der Waals surface area contributed by atoms with Crippen molar-refractivity contribution in [3.05, 3.63) is 64.1 Å². The lowest BCUT2D eigenvalue weighted by Gasteiger charge is -2.33. The van der Waals surface area contributed by atoms with Crippen LogP contribution in [0.5, 0.6) is 0 Å². The number of nitrogens with zero attached hydrogens (tertiary/aromatic N) is 1. The van der Waals surface area contributed by atoms with Crippen molar-refractivity contribution in [3.63, 3.8) is 0 Å². The zero-order chi connectivity index (χ0) is 23.7. The van der Waals surface area contributed by atoms with E-state index in [0.29, 0.717) is 35.9 Å². The second-order valence-electron chi connectivity index (χ2n) is 8.68. The molecule has 32 heavy (non-hydrogen) atoms. The van der Waals surface area contributed by atoms with E-state index >= 15 is 0 Å². The molecule has 0 spiro atoms. The molecule has 2 rings (SSSR count). The molecule has 0 saturated heterocycles. The number of hydrogen-bond donors (Lipinski definition) is 1. The van der Waals surface area contributed by atoms with Crippen LogP contribution in [-0.4, -0.2) is 34.0 Å². The second kappa shape index (κ2) is 12.5. The lowest BCUT2D eigenvalue weighted by atomic mass is 10.0. The minimum atomic E-state index is -0.554. The lowest BCUT2D eigenvalue weighted by molar-refractivity contribution is -0.142. The summed E-state index contributed by atoms with van der Waals surface area (Å²) in [6.07, 6.45) is 1.60. The Morgan fingerprint density at radius 1 is 1.06 bits per heavy atom. The quantitative estimate of drug-likeness (QED) is 0.299. The van der Waals surface area contributed by atoms with E-state index in [4.69, 9.17) is 23.2 Å². The highest BCUT2D eigenvalue weighted by atomic mass is 35.5. The molecule has 0 heterocycles. The Bertz CT molecular complexity index is 898. The minimum Gasteiger partial charge on any atom is -0.350 e. The molecule has 0 radical (unpaired) electrons. The van der Waals surface area contributed by atoms with Crippen molar-refractivity contribution in [2.45, 2.75) is 70.0 Å². The van der Waals surface area contributed by atoms with Gasteiger partial charge in [-0.2, -0.15) is 0 Å². The van der Waals surface area contributed by atoms with Crippen LogP contribution < -0.4 is 5.32 Å². The molecule has 0 saturated carbocycles. The molecule has 7 heteroatoms. The third-order valence-corrected chi connectivity index (χ3v) is 6.52. The van der Waals surface area contributed by atoms with Crippen molar-refractivity contribution in [2.75, 3.05) is 5.75 Å². The smallest absolute Gasteiger partial charge is 0.243 e. The summed E-state index contributed by atoms with van der Waals surface area (Å²) in [4.78, 5) is 29.1. The third-order valence-electron chi connectivity index (χ3n) is 4.80. The molecule has 0 bridgehead atoms. The van der Waals surface area contributed by atoms with Crippen LogP contribution in [0.3, 0.4) is 0 Å². The monoisotopic (exact) mass is 494 g/mol.